The molecule has 3 rings (SSSR count). The van der Waals surface area contributed by atoms with Crippen LogP contribution in [-0.2, 0) is 9.53 Å². The van der Waals surface area contributed by atoms with Crippen LogP contribution in [0.4, 0.5) is 10.1 Å². The van der Waals surface area contributed by atoms with Crippen LogP contribution in [0.15, 0.2) is 18.2 Å². The van der Waals surface area contributed by atoms with E-state index in [1.807, 2.05) is 0 Å². The van der Waals surface area contributed by atoms with E-state index in [0.29, 0.717) is 18.5 Å². The molecule has 0 atom stereocenters. The summed E-state index contributed by atoms with van der Waals surface area (Å²) in [5.41, 5.74) is -0.425. The van der Waals surface area contributed by atoms with Gasteiger partial charge in [0.15, 0.2) is 11.6 Å². The van der Waals surface area contributed by atoms with E-state index in [-0.39, 0.29) is 17.8 Å². The van der Waals surface area contributed by atoms with E-state index in [1.165, 1.54) is 6.07 Å². The van der Waals surface area contributed by atoms with Crippen LogP contribution in [0.3, 0.4) is 0 Å². The quantitative estimate of drug-likeness (QED) is 0.874. The van der Waals surface area contributed by atoms with Gasteiger partial charge in [-0.25, -0.2) is 4.39 Å². The summed E-state index contributed by atoms with van der Waals surface area (Å²) >= 11 is 0. The van der Waals surface area contributed by atoms with Gasteiger partial charge in [0.2, 0.25) is 0 Å². The number of benzene rings is 1. The highest BCUT2D eigenvalue weighted by Gasteiger charge is 2.39. The molecule has 1 aromatic rings. The summed E-state index contributed by atoms with van der Waals surface area (Å²) in [6.07, 6.45) is 4.40. The molecule has 0 aromatic heterocycles. The predicted molar refractivity (Wildman–Crippen MR) is 85.1 cm³/mol. The van der Waals surface area contributed by atoms with Crippen molar-refractivity contribution in [3.63, 3.8) is 0 Å². The van der Waals surface area contributed by atoms with E-state index in [0.717, 1.165) is 32.4 Å². The predicted octanol–water partition coefficient (Wildman–Crippen LogP) is 2.46. The Morgan fingerprint density at radius 3 is 2.65 bits per heavy atom. The second kappa shape index (κ2) is 6.84. The molecule has 1 heterocycles. The minimum Gasteiger partial charge on any atom is -0.487 e. The molecule has 5 nitrogen and oxygen atoms in total. The number of carbonyl (C=O) groups excluding carboxylic acids is 1. The number of carbonyl (C=O) groups is 1. The summed E-state index contributed by atoms with van der Waals surface area (Å²) in [6.45, 7) is 1.45. The molecule has 0 bridgehead atoms. The van der Waals surface area contributed by atoms with Gasteiger partial charge in [-0.3, -0.25) is 4.79 Å². The molecule has 2 N–H and O–H groups in total. The van der Waals surface area contributed by atoms with Crippen LogP contribution < -0.4 is 15.4 Å². The fourth-order valence-corrected chi connectivity index (χ4v) is 2.94. The summed E-state index contributed by atoms with van der Waals surface area (Å²) in [5.74, 6) is -0.434. The second-order valence-electron chi connectivity index (χ2n) is 6.22. The summed E-state index contributed by atoms with van der Waals surface area (Å²) in [6, 6.07) is 4.54. The van der Waals surface area contributed by atoms with Crippen LogP contribution in [0, 0.1) is 5.82 Å². The molecule has 2 aliphatic rings. The standard InChI is InChI=1S/C17H23FN2O3/c1-22-17(7-9-19-10-8-17)16(21)20-12-5-6-15(14(18)11-12)23-13-3-2-4-13/h5-6,11,13,19H,2-4,7-10H2,1H3,(H,20,21). The van der Waals surface area contributed by atoms with Crippen molar-refractivity contribution >= 4 is 11.6 Å². The Bertz CT molecular complexity index is 569. The van der Waals surface area contributed by atoms with Gasteiger partial charge in [-0.1, -0.05) is 0 Å². The molecule has 126 valence electrons. The molecular weight excluding hydrogens is 299 g/mol. The average Bonchev–Trinajstić information content (AvgIpc) is 2.53. The van der Waals surface area contributed by atoms with Crippen LogP contribution in [0.25, 0.3) is 0 Å². The van der Waals surface area contributed by atoms with Gasteiger partial charge in [0.25, 0.3) is 5.91 Å². The number of hydrogen-bond acceptors (Lipinski definition) is 4. The Morgan fingerprint density at radius 2 is 2.09 bits per heavy atom. The number of nitrogens with one attached hydrogen (secondary N) is 2. The lowest BCUT2D eigenvalue weighted by Crippen LogP contribution is -2.51. The first-order valence-corrected chi connectivity index (χ1v) is 8.16. The highest BCUT2D eigenvalue weighted by atomic mass is 19.1. The second-order valence-corrected chi connectivity index (χ2v) is 6.22. The third-order valence-electron chi connectivity index (χ3n) is 4.75. The molecule has 23 heavy (non-hydrogen) atoms. The van der Waals surface area contributed by atoms with Gasteiger partial charge in [0.1, 0.15) is 5.60 Å². The molecule has 0 unspecified atom stereocenters. The van der Waals surface area contributed by atoms with Gasteiger partial charge in [-0.2, -0.15) is 0 Å². The zero-order valence-electron chi connectivity index (χ0n) is 13.4. The third kappa shape index (κ3) is 3.48. The van der Waals surface area contributed by atoms with Crippen molar-refractivity contribution < 1.29 is 18.7 Å². The maximum atomic E-state index is 14.1. The molecule has 6 heteroatoms. The summed E-state index contributed by atoms with van der Waals surface area (Å²) in [7, 11) is 1.54. The van der Waals surface area contributed by atoms with E-state index in [2.05, 4.69) is 10.6 Å². The van der Waals surface area contributed by atoms with Crippen molar-refractivity contribution in [3.05, 3.63) is 24.0 Å². The summed E-state index contributed by atoms with van der Waals surface area (Å²) in [4.78, 5) is 12.5. The maximum absolute atomic E-state index is 14.1. The van der Waals surface area contributed by atoms with E-state index in [9.17, 15) is 9.18 Å². The van der Waals surface area contributed by atoms with E-state index in [4.69, 9.17) is 9.47 Å². The van der Waals surface area contributed by atoms with Crippen LogP contribution in [0.2, 0.25) is 0 Å². The molecule has 2 fully saturated rings. The van der Waals surface area contributed by atoms with Crippen molar-refractivity contribution in [2.24, 2.45) is 0 Å². The van der Waals surface area contributed by atoms with E-state index in [1.54, 1.807) is 19.2 Å². The summed E-state index contributed by atoms with van der Waals surface area (Å²) in [5, 5.41) is 5.97. The first kappa shape index (κ1) is 16.2. The number of piperidine rings is 1. The first-order chi connectivity index (χ1) is 11.1. The fraction of sp³-hybridized carbons (Fsp3) is 0.588. The van der Waals surface area contributed by atoms with E-state index < -0.39 is 11.4 Å². The van der Waals surface area contributed by atoms with Gasteiger partial charge in [0.05, 0.1) is 6.10 Å². The minimum absolute atomic E-state index is 0.122. The Labute approximate surface area is 135 Å². The van der Waals surface area contributed by atoms with Crippen molar-refractivity contribution in [3.8, 4) is 5.75 Å². The van der Waals surface area contributed by atoms with E-state index >= 15 is 0 Å². The molecule has 0 radical (unpaired) electrons. The average molecular weight is 322 g/mol. The highest BCUT2D eigenvalue weighted by molar-refractivity contribution is 5.97. The number of rotatable bonds is 5. The molecule has 0 spiro atoms. The zero-order chi connectivity index (χ0) is 16.3. The highest BCUT2D eigenvalue weighted by Crippen LogP contribution is 2.29. The molecular formula is C17H23FN2O3. The van der Waals surface area contributed by atoms with Crippen molar-refractivity contribution in [1.82, 2.24) is 5.32 Å². The molecule has 1 aliphatic carbocycles. The Morgan fingerprint density at radius 1 is 1.35 bits per heavy atom. The number of methoxy groups -OCH3 is 1. The molecule has 1 aliphatic heterocycles. The van der Waals surface area contributed by atoms with Gasteiger partial charge in [-0.05, 0) is 57.3 Å². The lowest BCUT2D eigenvalue weighted by atomic mass is 9.91. The largest absolute Gasteiger partial charge is 0.487 e. The first-order valence-electron chi connectivity index (χ1n) is 8.16. The topological polar surface area (TPSA) is 59.6 Å². The summed E-state index contributed by atoms with van der Waals surface area (Å²) < 4.78 is 25.2. The lowest BCUT2D eigenvalue weighted by molar-refractivity contribution is -0.140. The van der Waals surface area contributed by atoms with Crippen molar-refractivity contribution in [2.45, 2.75) is 43.8 Å². The van der Waals surface area contributed by atoms with Gasteiger partial charge >= 0.3 is 0 Å². The van der Waals surface area contributed by atoms with Gasteiger partial charge in [-0.15, -0.1) is 0 Å². The minimum atomic E-state index is -0.844. The van der Waals surface area contributed by atoms with Crippen LogP contribution in [-0.4, -0.2) is 37.8 Å². The van der Waals surface area contributed by atoms with Crippen molar-refractivity contribution in [1.29, 1.82) is 0 Å². The number of amides is 1. The normalized spacial score (nSPS) is 20.6. The maximum Gasteiger partial charge on any atom is 0.256 e. The lowest BCUT2D eigenvalue weighted by Gasteiger charge is -2.34. The Hall–Kier alpha value is -1.66. The van der Waals surface area contributed by atoms with Gasteiger partial charge in [0, 0.05) is 18.9 Å². The number of anilines is 1. The Kier molecular flexibility index (Phi) is 4.82. The van der Waals surface area contributed by atoms with Crippen LogP contribution >= 0.6 is 0 Å². The van der Waals surface area contributed by atoms with Crippen LogP contribution in [0.1, 0.15) is 32.1 Å². The number of halogens is 1. The zero-order valence-corrected chi connectivity index (χ0v) is 13.4. The SMILES string of the molecule is COC1(C(=O)Nc2ccc(OC3CCC3)c(F)c2)CCNCC1. The third-order valence-corrected chi connectivity index (χ3v) is 4.75. The van der Waals surface area contributed by atoms with Gasteiger partial charge < -0.3 is 20.1 Å². The molecule has 1 amide bonds. The smallest absolute Gasteiger partial charge is 0.256 e. The number of ether oxygens (including phenoxy) is 2. The fourth-order valence-electron chi connectivity index (χ4n) is 2.94. The number of hydrogen-bond donors (Lipinski definition) is 2. The van der Waals surface area contributed by atoms with Crippen molar-refractivity contribution in [2.75, 3.05) is 25.5 Å². The molecule has 1 aromatic carbocycles. The Balaban J connectivity index is 1.66. The molecule has 1 saturated heterocycles. The van der Waals surface area contributed by atoms with Crippen LogP contribution in [0.5, 0.6) is 5.75 Å². The molecule has 1 saturated carbocycles. The monoisotopic (exact) mass is 322 g/mol.